The zero-order valence-corrected chi connectivity index (χ0v) is 15.9. The van der Waals surface area contributed by atoms with E-state index in [1.165, 1.54) is 11.6 Å². The van der Waals surface area contributed by atoms with Gasteiger partial charge in [-0.3, -0.25) is 14.3 Å². The summed E-state index contributed by atoms with van der Waals surface area (Å²) in [7, 11) is 0. The number of primary amides is 1. The van der Waals surface area contributed by atoms with Gasteiger partial charge in [0.15, 0.2) is 0 Å². The number of halogens is 3. The summed E-state index contributed by atoms with van der Waals surface area (Å²) in [6, 6.07) is 0.155. The van der Waals surface area contributed by atoms with Crippen LogP contribution in [0.15, 0.2) is 18.5 Å². The van der Waals surface area contributed by atoms with Crippen molar-refractivity contribution in [1.29, 1.82) is 0 Å². The van der Waals surface area contributed by atoms with Gasteiger partial charge in [0.2, 0.25) is 5.91 Å². The molecular formula is C17H16F3N5O2S. The second-order valence-electron chi connectivity index (χ2n) is 6.34. The van der Waals surface area contributed by atoms with E-state index in [1.807, 2.05) is 6.92 Å². The Hall–Kier alpha value is -2.95. The molecule has 148 valence electrons. The summed E-state index contributed by atoms with van der Waals surface area (Å²) in [4.78, 5) is 28.0. The van der Waals surface area contributed by atoms with Crippen molar-refractivity contribution < 1.29 is 22.8 Å². The van der Waals surface area contributed by atoms with Gasteiger partial charge in [0.25, 0.3) is 5.91 Å². The van der Waals surface area contributed by atoms with E-state index >= 15 is 0 Å². The number of hydrogen-bond acceptors (Lipinski definition) is 5. The topological polar surface area (TPSA) is 103 Å². The van der Waals surface area contributed by atoms with E-state index in [2.05, 4.69) is 15.4 Å². The van der Waals surface area contributed by atoms with Gasteiger partial charge in [0.05, 0.1) is 11.9 Å². The van der Waals surface area contributed by atoms with Crippen LogP contribution < -0.4 is 11.1 Å². The van der Waals surface area contributed by atoms with Gasteiger partial charge in [-0.25, -0.2) is 4.98 Å². The predicted molar refractivity (Wildman–Crippen MR) is 98.2 cm³/mol. The second-order valence-corrected chi connectivity index (χ2v) is 7.33. The molecule has 0 fully saturated rings. The van der Waals surface area contributed by atoms with Crippen LogP contribution in [-0.2, 0) is 11.0 Å². The fourth-order valence-corrected chi connectivity index (χ4v) is 3.77. The number of carbonyl (C=O) groups excluding carboxylic acids is 2. The molecule has 28 heavy (non-hydrogen) atoms. The first-order valence-corrected chi connectivity index (χ1v) is 8.93. The number of aromatic nitrogens is 3. The van der Waals surface area contributed by atoms with Crippen LogP contribution >= 0.6 is 11.3 Å². The van der Waals surface area contributed by atoms with Gasteiger partial charge in [-0.1, -0.05) is 0 Å². The van der Waals surface area contributed by atoms with Gasteiger partial charge in [0, 0.05) is 11.6 Å². The fraction of sp³-hybridized carbons (Fsp3) is 0.294. The molecule has 0 bridgehead atoms. The first-order valence-electron chi connectivity index (χ1n) is 8.11. The number of alkyl halides is 3. The predicted octanol–water partition coefficient (Wildman–Crippen LogP) is 3.43. The van der Waals surface area contributed by atoms with Crippen LogP contribution in [0.2, 0.25) is 0 Å². The number of nitrogens with two attached hydrogens (primary N) is 1. The summed E-state index contributed by atoms with van der Waals surface area (Å²) in [5, 5.41) is 6.94. The smallest absolute Gasteiger partial charge is 0.365 e. The molecule has 0 spiro atoms. The number of nitrogens with zero attached hydrogens (tertiary/aromatic N) is 3. The summed E-state index contributed by atoms with van der Waals surface area (Å²) in [5.74, 6) is -1.36. The molecule has 3 aromatic heterocycles. The van der Waals surface area contributed by atoms with Gasteiger partial charge in [-0.2, -0.15) is 18.3 Å². The molecule has 0 radical (unpaired) electrons. The number of thiophene rings is 1. The monoisotopic (exact) mass is 411 g/mol. The third-order valence-corrected chi connectivity index (χ3v) is 5.23. The van der Waals surface area contributed by atoms with Gasteiger partial charge >= 0.3 is 6.18 Å². The average Bonchev–Trinajstić information content (AvgIpc) is 3.17. The quantitative estimate of drug-likeness (QED) is 0.687. The lowest BCUT2D eigenvalue weighted by Crippen LogP contribution is -2.25. The van der Waals surface area contributed by atoms with E-state index in [-0.39, 0.29) is 26.3 Å². The summed E-state index contributed by atoms with van der Waals surface area (Å²) in [6.45, 7) is 4.87. The van der Waals surface area contributed by atoms with Crippen LogP contribution in [0.4, 0.5) is 18.9 Å². The van der Waals surface area contributed by atoms with E-state index in [1.54, 1.807) is 19.3 Å². The number of amides is 2. The van der Waals surface area contributed by atoms with Gasteiger partial charge in [0.1, 0.15) is 21.4 Å². The molecule has 0 aromatic carbocycles. The summed E-state index contributed by atoms with van der Waals surface area (Å²) in [6.07, 6.45) is -1.37. The number of hydrogen-bond donors (Lipinski definition) is 2. The van der Waals surface area contributed by atoms with Crippen molar-refractivity contribution in [3.8, 4) is 0 Å². The Morgan fingerprint density at radius 1 is 1.32 bits per heavy atom. The average molecular weight is 411 g/mol. The Morgan fingerprint density at radius 2 is 2.00 bits per heavy atom. The van der Waals surface area contributed by atoms with Crippen LogP contribution in [0, 0.1) is 13.8 Å². The molecule has 0 aliphatic rings. The molecule has 2 amide bonds. The number of fused-ring (bicyclic) bond motifs is 1. The van der Waals surface area contributed by atoms with Crippen molar-refractivity contribution in [1.82, 2.24) is 14.8 Å². The molecule has 0 saturated heterocycles. The standard InChI is InChI=1S/C17H16F3N5O2S/c1-7-5-22-25(6-7)9(3)15(27)24-12-11-8(2)4-10(17(18,19)20)23-16(11)28-13(12)14(21)26/h4-6,9H,1-3H3,(H2,21,26)(H,24,27). The van der Waals surface area contributed by atoms with Crippen molar-refractivity contribution >= 4 is 39.1 Å². The highest BCUT2D eigenvalue weighted by Gasteiger charge is 2.34. The minimum absolute atomic E-state index is 0.0287. The van der Waals surface area contributed by atoms with Crippen molar-refractivity contribution in [3.05, 3.63) is 40.2 Å². The molecule has 0 aliphatic carbocycles. The largest absolute Gasteiger partial charge is 0.433 e. The minimum atomic E-state index is -4.63. The van der Waals surface area contributed by atoms with Crippen LogP contribution in [0.25, 0.3) is 10.2 Å². The number of nitrogens with one attached hydrogen (secondary N) is 1. The fourth-order valence-electron chi connectivity index (χ4n) is 2.71. The highest BCUT2D eigenvalue weighted by molar-refractivity contribution is 7.21. The number of pyridine rings is 1. The molecule has 3 heterocycles. The van der Waals surface area contributed by atoms with Crippen molar-refractivity contribution in [2.24, 2.45) is 5.73 Å². The Bertz CT molecular complexity index is 1090. The molecular weight excluding hydrogens is 395 g/mol. The third-order valence-electron chi connectivity index (χ3n) is 4.13. The maximum atomic E-state index is 13.0. The molecule has 3 N–H and O–H groups in total. The first-order chi connectivity index (χ1) is 13.0. The molecule has 1 unspecified atom stereocenters. The molecule has 7 nitrogen and oxygen atoms in total. The summed E-state index contributed by atoms with van der Waals surface area (Å²) < 4.78 is 40.6. The molecule has 3 aromatic rings. The minimum Gasteiger partial charge on any atom is -0.365 e. The zero-order chi connectivity index (χ0) is 20.8. The van der Waals surface area contributed by atoms with Crippen LogP contribution in [0.3, 0.4) is 0 Å². The van der Waals surface area contributed by atoms with E-state index in [4.69, 9.17) is 5.73 Å². The zero-order valence-electron chi connectivity index (χ0n) is 15.1. The number of anilines is 1. The summed E-state index contributed by atoms with van der Waals surface area (Å²) >= 11 is 0.707. The number of aryl methyl sites for hydroxylation is 2. The first kappa shape index (κ1) is 19.8. The van der Waals surface area contributed by atoms with Gasteiger partial charge < -0.3 is 11.1 Å². The normalized spacial score (nSPS) is 12.9. The summed E-state index contributed by atoms with van der Waals surface area (Å²) in [5.41, 5.74) is 5.44. The van der Waals surface area contributed by atoms with E-state index < -0.39 is 29.7 Å². The lowest BCUT2D eigenvalue weighted by atomic mass is 10.1. The maximum Gasteiger partial charge on any atom is 0.433 e. The highest BCUT2D eigenvalue weighted by atomic mass is 32.1. The van der Waals surface area contributed by atoms with E-state index in [9.17, 15) is 22.8 Å². The van der Waals surface area contributed by atoms with Crippen molar-refractivity contribution in [2.75, 3.05) is 5.32 Å². The van der Waals surface area contributed by atoms with Gasteiger partial charge in [-0.15, -0.1) is 11.3 Å². The Balaban J connectivity index is 2.07. The Labute approximate surface area is 161 Å². The SMILES string of the molecule is Cc1cnn(C(C)C(=O)Nc2c(C(N)=O)sc3nc(C(F)(F)F)cc(C)c23)c1. The van der Waals surface area contributed by atoms with E-state index in [0.29, 0.717) is 11.3 Å². The molecule has 11 heteroatoms. The molecule has 0 aliphatic heterocycles. The van der Waals surface area contributed by atoms with Gasteiger partial charge in [-0.05, 0) is 38.0 Å². The number of carbonyl (C=O) groups is 2. The maximum absolute atomic E-state index is 13.0. The lowest BCUT2D eigenvalue weighted by molar-refractivity contribution is -0.141. The van der Waals surface area contributed by atoms with Crippen LogP contribution in [0.1, 0.15) is 39.5 Å². The second kappa shape index (κ2) is 6.89. The third kappa shape index (κ3) is 3.57. The number of rotatable bonds is 4. The molecule has 0 saturated carbocycles. The molecule has 3 rings (SSSR count). The lowest BCUT2D eigenvalue weighted by Gasteiger charge is -2.14. The van der Waals surface area contributed by atoms with Crippen molar-refractivity contribution in [3.63, 3.8) is 0 Å². The Kier molecular flexibility index (Phi) is 4.88. The van der Waals surface area contributed by atoms with Crippen molar-refractivity contribution in [2.45, 2.75) is 33.0 Å². The van der Waals surface area contributed by atoms with Crippen LogP contribution in [0.5, 0.6) is 0 Å². The highest BCUT2D eigenvalue weighted by Crippen LogP contribution is 2.39. The van der Waals surface area contributed by atoms with Crippen LogP contribution in [-0.4, -0.2) is 26.6 Å². The van der Waals surface area contributed by atoms with E-state index in [0.717, 1.165) is 11.6 Å². The molecule has 1 atom stereocenters. The Morgan fingerprint density at radius 3 is 2.54 bits per heavy atom.